The molecule has 7 heteroatoms. The molecule has 0 spiro atoms. The van der Waals surface area contributed by atoms with E-state index in [9.17, 15) is 18.4 Å². The average molecular weight is 243 g/mol. The molecule has 0 aliphatic heterocycles. The fourth-order valence-electron chi connectivity index (χ4n) is 1.10. The van der Waals surface area contributed by atoms with Crippen LogP contribution in [0.25, 0.3) is 0 Å². The number of halogens is 2. The molecule has 92 valence electrons. The van der Waals surface area contributed by atoms with Gasteiger partial charge in [-0.25, -0.2) is 13.6 Å². The van der Waals surface area contributed by atoms with Crippen molar-refractivity contribution in [2.75, 3.05) is 5.32 Å². The van der Waals surface area contributed by atoms with E-state index in [2.05, 4.69) is 10.6 Å². The second-order valence-electron chi connectivity index (χ2n) is 3.35. The van der Waals surface area contributed by atoms with Crippen molar-refractivity contribution in [1.29, 1.82) is 0 Å². The first-order valence-corrected chi connectivity index (χ1v) is 4.72. The smallest absolute Gasteiger partial charge is 0.312 e. The van der Waals surface area contributed by atoms with Gasteiger partial charge in [-0.05, 0) is 19.1 Å². The van der Waals surface area contributed by atoms with Crippen LogP contribution in [0, 0.1) is 11.6 Å². The van der Waals surface area contributed by atoms with E-state index in [1.807, 2.05) is 0 Å². The number of nitrogens with one attached hydrogen (secondary N) is 2. The average Bonchev–Trinajstić information content (AvgIpc) is 2.22. The fraction of sp³-hybridized carbons (Fsp3) is 0.200. The Kier molecular flexibility index (Phi) is 3.97. The zero-order valence-corrected chi connectivity index (χ0v) is 8.96. The van der Waals surface area contributed by atoms with Gasteiger partial charge in [0.25, 0.3) is 0 Å². The molecule has 0 aliphatic rings. The maximum atomic E-state index is 12.8. The van der Waals surface area contributed by atoms with Gasteiger partial charge in [0, 0.05) is 11.8 Å². The van der Waals surface area contributed by atoms with E-state index in [-0.39, 0.29) is 5.69 Å². The number of anilines is 1. The molecule has 0 fully saturated rings. The molecular formula is C10H11F2N3O2. The second kappa shape index (κ2) is 5.24. The Labute approximate surface area is 96.0 Å². The van der Waals surface area contributed by atoms with Crippen LogP contribution >= 0.6 is 0 Å². The van der Waals surface area contributed by atoms with E-state index >= 15 is 0 Å². The number of carbonyl (C=O) groups excluding carboxylic acids is 2. The zero-order chi connectivity index (χ0) is 13.0. The van der Waals surface area contributed by atoms with Crippen LogP contribution in [0.3, 0.4) is 0 Å². The Morgan fingerprint density at radius 1 is 1.29 bits per heavy atom. The molecule has 0 aliphatic carbocycles. The van der Waals surface area contributed by atoms with Crippen molar-refractivity contribution in [3.8, 4) is 0 Å². The number of carbonyl (C=O) groups is 2. The summed E-state index contributed by atoms with van der Waals surface area (Å²) in [7, 11) is 0. The van der Waals surface area contributed by atoms with Gasteiger partial charge < -0.3 is 16.4 Å². The molecule has 1 aromatic carbocycles. The number of hydrogen-bond donors (Lipinski definition) is 3. The van der Waals surface area contributed by atoms with Gasteiger partial charge in [-0.2, -0.15) is 0 Å². The van der Waals surface area contributed by atoms with Crippen LogP contribution < -0.4 is 16.4 Å². The number of urea groups is 1. The van der Waals surface area contributed by atoms with Gasteiger partial charge in [-0.15, -0.1) is 0 Å². The molecule has 3 amide bonds. The van der Waals surface area contributed by atoms with Crippen LogP contribution in [-0.4, -0.2) is 18.0 Å². The zero-order valence-electron chi connectivity index (χ0n) is 8.96. The maximum Gasteiger partial charge on any atom is 0.312 e. The number of benzene rings is 1. The molecule has 0 saturated carbocycles. The first-order chi connectivity index (χ1) is 7.90. The number of rotatable bonds is 3. The summed E-state index contributed by atoms with van der Waals surface area (Å²) in [5, 5.41) is 4.45. The molecule has 0 aromatic heterocycles. The molecular weight excluding hydrogens is 232 g/mol. The topological polar surface area (TPSA) is 84.2 Å². The predicted octanol–water partition coefficient (Wildman–Crippen LogP) is 0.960. The maximum absolute atomic E-state index is 12.8. The molecule has 1 rings (SSSR count). The molecule has 1 unspecified atom stereocenters. The predicted molar refractivity (Wildman–Crippen MR) is 57.2 cm³/mol. The lowest BCUT2D eigenvalue weighted by molar-refractivity contribution is -0.117. The minimum absolute atomic E-state index is 0.0898. The highest BCUT2D eigenvalue weighted by Gasteiger charge is 2.14. The van der Waals surface area contributed by atoms with Gasteiger partial charge in [0.15, 0.2) is 11.6 Å². The summed E-state index contributed by atoms with van der Waals surface area (Å²) in [5.41, 5.74) is 4.92. The summed E-state index contributed by atoms with van der Waals surface area (Å²) < 4.78 is 25.4. The van der Waals surface area contributed by atoms with Crippen molar-refractivity contribution in [1.82, 2.24) is 5.32 Å². The van der Waals surface area contributed by atoms with Gasteiger partial charge >= 0.3 is 6.03 Å². The van der Waals surface area contributed by atoms with E-state index in [4.69, 9.17) is 5.73 Å². The van der Waals surface area contributed by atoms with Gasteiger partial charge in [0.2, 0.25) is 5.91 Å². The van der Waals surface area contributed by atoms with Gasteiger partial charge in [0.1, 0.15) is 6.04 Å². The molecule has 0 radical (unpaired) electrons. The van der Waals surface area contributed by atoms with Crippen molar-refractivity contribution < 1.29 is 18.4 Å². The minimum Gasteiger partial charge on any atom is -0.352 e. The third-order valence-electron chi connectivity index (χ3n) is 1.94. The van der Waals surface area contributed by atoms with Crippen LogP contribution in [0.4, 0.5) is 19.3 Å². The summed E-state index contributed by atoms with van der Waals surface area (Å²) in [6, 6.07) is 1.20. The normalized spacial score (nSPS) is 11.7. The van der Waals surface area contributed by atoms with E-state index in [1.54, 1.807) is 0 Å². The Morgan fingerprint density at radius 3 is 2.47 bits per heavy atom. The highest BCUT2D eigenvalue weighted by atomic mass is 19.2. The molecule has 5 nitrogen and oxygen atoms in total. The minimum atomic E-state index is -1.07. The number of hydrogen-bond acceptors (Lipinski definition) is 2. The van der Waals surface area contributed by atoms with Crippen molar-refractivity contribution in [2.24, 2.45) is 5.73 Å². The van der Waals surface area contributed by atoms with Crippen LogP contribution in [0.2, 0.25) is 0 Å². The van der Waals surface area contributed by atoms with Gasteiger partial charge in [0.05, 0.1) is 0 Å². The Bertz CT molecular complexity index is 451. The summed E-state index contributed by atoms with van der Waals surface area (Å²) >= 11 is 0. The lowest BCUT2D eigenvalue weighted by atomic mass is 10.2. The van der Waals surface area contributed by atoms with Crippen molar-refractivity contribution in [3.05, 3.63) is 29.8 Å². The summed E-state index contributed by atoms with van der Waals surface area (Å²) in [4.78, 5) is 21.9. The van der Waals surface area contributed by atoms with E-state index in [1.165, 1.54) is 13.0 Å². The van der Waals surface area contributed by atoms with Crippen LogP contribution in [0.1, 0.15) is 6.92 Å². The number of nitrogens with two attached hydrogens (primary N) is 1. The van der Waals surface area contributed by atoms with E-state index < -0.39 is 29.6 Å². The fourth-order valence-corrected chi connectivity index (χ4v) is 1.10. The first-order valence-electron chi connectivity index (χ1n) is 4.72. The SMILES string of the molecule is CC(NC(N)=O)C(=O)Nc1ccc(F)c(F)c1. The van der Waals surface area contributed by atoms with Gasteiger partial charge in [-0.3, -0.25) is 4.79 Å². The van der Waals surface area contributed by atoms with Crippen LogP contribution in [0.5, 0.6) is 0 Å². The monoisotopic (exact) mass is 243 g/mol. The third kappa shape index (κ3) is 3.71. The standard InChI is InChI=1S/C10H11F2N3O2/c1-5(14-10(13)17)9(16)15-6-2-3-7(11)8(12)4-6/h2-5H,1H3,(H,15,16)(H3,13,14,17). The molecule has 1 aromatic rings. The summed E-state index contributed by atoms with van der Waals surface area (Å²) in [6.45, 7) is 1.40. The molecule has 4 N–H and O–H groups in total. The molecule has 0 heterocycles. The highest BCUT2D eigenvalue weighted by Crippen LogP contribution is 2.13. The Morgan fingerprint density at radius 2 is 1.94 bits per heavy atom. The lowest BCUT2D eigenvalue weighted by Gasteiger charge is -2.12. The summed E-state index contributed by atoms with van der Waals surface area (Å²) in [5.74, 6) is -2.67. The van der Waals surface area contributed by atoms with Crippen molar-refractivity contribution in [2.45, 2.75) is 13.0 Å². The Balaban J connectivity index is 2.67. The third-order valence-corrected chi connectivity index (χ3v) is 1.94. The second-order valence-corrected chi connectivity index (χ2v) is 3.35. The number of amides is 3. The first kappa shape index (κ1) is 12.9. The molecule has 0 bridgehead atoms. The van der Waals surface area contributed by atoms with Crippen molar-refractivity contribution >= 4 is 17.6 Å². The molecule has 17 heavy (non-hydrogen) atoms. The quantitative estimate of drug-likeness (QED) is 0.738. The summed E-state index contributed by atoms with van der Waals surface area (Å²) in [6.07, 6.45) is 0. The lowest BCUT2D eigenvalue weighted by Crippen LogP contribution is -2.44. The van der Waals surface area contributed by atoms with Crippen LogP contribution in [-0.2, 0) is 4.79 Å². The molecule has 1 atom stereocenters. The molecule has 0 saturated heterocycles. The van der Waals surface area contributed by atoms with E-state index in [0.29, 0.717) is 0 Å². The van der Waals surface area contributed by atoms with Crippen molar-refractivity contribution in [3.63, 3.8) is 0 Å². The van der Waals surface area contributed by atoms with Crippen LogP contribution in [0.15, 0.2) is 18.2 Å². The Hall–Kier alpha value is -2.18. The van der Waals surface area contributed by atoms with Gasteiger partial charge in [-0.1, -0.05) is 0 Å². The largest absolute Gasteiger partial charge is 0.352 e. The van der Waals surface area contributed by atoms with E-state index in [0.717, 1.165) is 12.1 Å². The highest BCUT2D eigenvalue weighted by molar-refractivity contribution is 5.96. The number of primary amides is 1.